The van der Waals surface area contributed by atoms with Crippen LogP contribution in [-0.4, -0.2) is 29.8 Å². The fourth-order valence-corrected chi connectivity index (χ4v) is 3.09. The maximum absolute atomic E-state index is 11.7. The Morgan fingerprint density at radius 3 is 2.81 bits per heavy atom. The van der Waals surface area contributed by atoms with E-state index >= 15 is 0 Å². The number of ether oxygens (including phenoxy) is 1. The molecule has 0 saturated heterocycles. The summed E-state index contributed by atoms with van der Waals surface area (Å²) in [5.41, 5.74) is 0.232. The fourth-order valence-electron chi connectivity index (χ4n) is 2.69. The van der Waals surface area contributed by atoms with Gasteiger partial charge in [-0.15, -0.1) is 0 Å². The number of halogens is 1. The molecule has 0 spiro atoms. The molecule has 0 amide bonds. The highest BCUT2D eigenvalue weighted by molar-refractivity contribution is 9.10. The first-order chi connectivity index (χ1) is 10.0. The van der Waals surface area contributed by atoms with E-state index in [1.807, 2.05) is 31.2 Å². The fraction of sp³-hybridized carbons (Fsp3) is 0.562. The summed E-state index contributed by atoms with van der Waals surface area (Å²) in [5, 5.41) is 13.9. The van der Waals surface area contributed by atoms with Crippen LogP contribution in [0.3, 0.4) is 0 Å². The lowest BCUT2D eigenvalue weighted by Crippen LogP contribution is -2.42. The molecule has 1 aliphatic carbocycles. The Labute approximate surface area is 134 Å². The molecule has 4 nitrogen and oxygen atoms in total. The Morgan fingerprint density at radius 1 is 1.48 bits per heavy atom. The molecule has 0 bridgehead atoms. The molecule has 1 fully saturated rings. The summed E-state index contributed by atoms with van der Waals surface area (Å²) in [4.78, 5) is 11.7. The summed E-state index contributed by atoms with van der Waals surface area (Å²) in [5.74, 6) is -0.185. The number of carbonyl (C=O) groups excluding carboxylic acids is 1. The molecule has 0 unspecified atom stereocenters. The van der Waals surface area contributed by atoms with Crippen molar-refractivity contribution in [2.75, 3.05) is 18.5 Å². The molecule has 5 heteroatoms. The van der Waals surface area contributed by atoms with E-state index < -0.39 is 5.60 Å². The largest absolute Gasteiger partial charge is 0.466 e. The molecule has 2 rings (SSSR count). The quantitative estimate of drug-likeness (QED) is 0.795. The van der Waals surface area contributed by atoms with Crippen LogP contribution >= 0.6 is 15.9 Å². The molecule has 1 aliphatic rings. The number of rotatable bonds is 5. The van der Waals surface area contributed by atoms with Crippen LogP contribution in [0.15, 0.2) is 28.7 Å². The number of benzene rings is 1. The van der Waals surface area contributed by atoms with Crippen LogP contribution in [0.25, 0.3) is 0 Å². The molecule has 0 heterocycles. The van der Waals surface area contributed by atoms with Crippen LogP contribution < -0.4 is 5.32 Å². The van der Waals surface area contributed by atoms with Crippen molar-refractivity contribution in [3.63, 3.8) is 0 Å². The second-order valence-electron chi connectivity index (χ2n) is 5.61. The van der Waals surface area contributed by atoms with E-state index in [-0.39, 0.29) is 11.9 Å². The summed E-state index contributed by atoms with van der Waals surface area (Å²) >= 11 is 3.43. The molecule has 1 saturated carbocycles. The van der Waals surface area contributed by atoms with Crippen LogP contribution in [0, 0.1) is 5.92 Å². The number of nitrogens with one attached hydrogen (secondary N) is 1. The van der Waals surface area contributed by atoms with Crippen molar-refractivity contribution in [2.24, 2.45) is 5.92 Å². The lowest BCUT2D eigenvalue weighted by Gasteiger charge is -2.35. The third-order valence-corrected chi connectivity index (χ3v) is 4.48. The highest BCUT2D eigenvalue weighted by Crippen LogP contribution is 2.33. The lowest BCUT2D eigenvalue weighted by molar-refractivity contribution is -0.150. The van der Waals surface area contributed by atoms with Crippen molar-refractivity contribution in [3.05, 3.63) is 28.7 Å². The zero-order valence-electron chi connectivity index (χ0n) is 12.3. The maximum atomic E-state index is 11.7. The number of esters is 1. The molecule has 21 heavy (non-hydrogen) atoms. The molecule has 0 aliphatic heterocycles. The van der Waals surface area contributed by atoms with E-state index in [1.165, 1.54) is 0 Å². The minimum absolute atomic E-state index is 0.0592. The van der Waals surface area contributed by atoms with Crippen molar-refractivity contribution in [2.45, 2.75) is 38.2 Å². The Bertz CT molecular complexity index is 484. The average molecular weight is 356 g/mol. The van der Waals surface area contributed by atoms with Gasteiger partial charge in [-0.25, -0.2) is 0 Å². The predicted molar refractivity (Wildman–Crippen MR) is 86.2 cm³/mol. The number of aliphatic hydroxyl groups is 1. The standard InChI is InChI=1S/C16H22BrNO3/c1-2-21-15(19)12-6-8-16(20,9-7-12)11-18-14-5-3-4-13(17)10-14/h3-5,10,12,18,20H,2,6-9,11H2,1H3. The zero-order chi connectivity index (χ0) is 15.3. The molecule has 1 aromatic rings. The van der Waals surface area contributed by atoms with Gasteiger partial charge in [-0.05, 0) is 50.8 Å². The van der Waals surface area contributed by atoms with E-state index in [9.17, 15) is 9.90 Å². The van der Waals surface area contributed by atoms with Crippen molar-refractivity contribution in [3.8, 4) is 0 Å². The highest BCUT2D eigenvalue weighted by atomic mass is 79.9. The SMILES string of the molecule is CCOC(=O)C1CCC(O)(CNc2cccc(Br)c2)CC1. The Balaban J connectivity index is 1.83. The van der Waals surface area contributed by atoms with Gasteiger partial charge in [0.1, 0.15) is 0 Å². The van der Waals surface area contributed by atoms with Crippen molar-refractivity contribution in [1.82, 2.24) is 0 Å². The second kappa shape index (κ2) is 7.27. The molecule has 116 valence electrons. The van der Waals surface area contributed by atoms with Gasteiger partial charge >= 0.3 is 5.97 Å². The van der Waals surface area contributed by atoms with Crippen LogP contribution in [-0.2, 0) is 9.53 Å². The Kier molecular flexibility index (Phi) is 5.65. The molecule has 0 aromatic heterocycles. The van der Waals surface area contributed by atoms with Crippen LogP contribution in [0.2, 0.25) is 0 Å². The molecular formula is C16H22BrNO3. The Hall–Kier alpha value is -1.07. The highest BCUT2D eigenvalue weighted by Gasteiger charge is 2.36. The lowest BCUT2D eigenvalue weighted by atomic mass is 9.78. The van der Waals surface area contributed by atoms with Gasteiger partial charge in [0.2, 0.25) is 0 Å². The summed E-state index contributed by atoms with van der Waals surface area (Å²) < 4.78 is 6.06. The first-order valence-electron chi connectivity index (χ1n) is 7.41. The predicted octanol–water partition coefficient (Wildman–Crippen LogP) is 3.35. The van der Waals surface area contributed by atoms with Gasteiger partial charge in [-0.3, -0.25) is 4.79 Å². The van der Waals surface area contributed by atoms with Gasteiger partial charge in [0, 0.05) is 16.7 Å². The topological polar surface area (TPSA) is 58.6 Å². The van der Waals surface area contributed by atoms with Crippen molar-refractivity contribution < 1.29 is 14.6 Å². The van der Waals surface area contributed by atoms with Crippen LogP contribution in [0.1, 0.15) is 32.6 Å². The van der Waals surface area contributed by atoms with E-state index in [1.54, 1.807) is 0 Å². The Morgan fingerprint density at radius 2 is 2.19 bits per heavy atom. The summed E-state index contributed by atoms with van der Waals surface area (Å²) in [7, 11) is 0. The average Bonchev–Trinajstić information content (AvgIpc) is 2.46. The van der Waals surface area contributed by atoms with Gasteiger partial charge in [-0.2, -0.15) is 0 Å². The van der Waals surface area contributed by atoms with Gasteiger partial charge in [0.15, 0.2) is 0 Å². The molecule has 1 aromatic carbocycles. The van der Waals surface area contributed by atoms with Crippen LogP contribution in [0.4, 0.5) is 5.69 Å². The number of hydrogen-bond donors (Lipinski definition) is 2. The molecule has 0 radical (unpaired) electrons. The van der Waals surface area contributed by atoms with Crippen LogP contribution in [0.5, 0.6) is 0 Å². The summed E-state index contributed by atoms with van der Waals surface area (Å²) in [6, 6.07) is 7.87. The number of hydrogen-bond acceptors (Lipinski definition) is 4. The van der Waals surface area contributed by atoms with E-state index in [4.69, 9.17) is 4.74 Å². The summed E-state index contributed by atoms with van der Waals surface area (Å²) in [6.45, 7) is 2.74. The second-order valence-corrected chi connectivity index (χ2v) is 6.53. The molecule has 2 N–H and O–H groups in total. The van der Waals surface area contributed by atoms with E-state index in [2.05, 4.69) is 21.2 Å². The normalized spacial score (nSPS) is 25.4. The monoisotopic (exact) mass is 355 g/mol. The maximum Gasteiger partial charge on any atom is 0.308 e. The van der Waals surface area contributed by atoms with E-state index in [0.29, 0.717) is 38.8 Å². The minimum atomic E-state index is -0.745. The molecular weight excluding hydrogens is 334 g/mol. The van der Waals surface area contributed by atoms with Gasteiger partial charge < -0.3 is 15.2 Å². The zero-order valence-corrected chi connectivity index (χ0v) is 13.9. The van der Waals surface area contributed by atoms with Crippen molar-refractivity contribution in [1.29, 1.82) is 0 Å². The van der Waals surface area contributed by atoms with Gasteiger partial charge in [0.05, 0.1) is 18.1 Å². The first kappa shape index (κ1) is 16.3. The van der Waals surface area contributed by atoms with Crippen molar-refractivity contribution >= 4 is 27.6 Å². The molecule has 0 atom stereocenters. The third kappa shape index (κ3) is 4.71. The first-order valence-corrected chi connectivity index (χ1v) is 8.20. The summed E-state index contributed by atoms with van der Waals surface area (Å²) in [6.07, 6.45) is 2.62. The van der Waals surface area contributed by atoms with Gasteiger partial charge in [0.25, 0.3) is 0 Å². The number of anilines is 1. The smallest absolute Gasteiger partial charge is 0.308 e. The van der Waals surface area contributed by atoms with Gasteiger partial charge in [-0.1, -0.05) is 22.0 Å². The third-order valence-electron chi connectivity index (χ3n) is 3.98. The minimum Gasteiger partial charge on any atom is -0.466 e. The number of carbonyl (C=O) groups is 1. The van der Waals surface area contributed by atoms with E-state index in [0.717, 1.165) is 10.2 Å².